The van der Waals surface area contributed by atoms with Crippen molar-refractivity contribution in [1.29, 1.82) is 0 Å². The van der Waals surface area contributed by atoms with Gasteiger partial charge in [-0.3, -0.25) is 0 Å². The summed E-state index contributed by atoms with van der Waals surface area (Å²) >= 11 is 0. The van der Waals surface area contributed by atoms with Crippen LogP contribution in [0.15, 0.2) is 24.3 Å². The summed E-state index contributed by atoms with van der Waals surface area (Å²) < 4.78 is 31.8. The second-order valence-electron chi connectivity index (χ2n) is 6.33. The molecule has 5 nitrogen and oxygen atoms in total. The number of sulfonamides is 1. The summed E-state index contributed by atoms with van der Waals surface area (Å²) in [5.74, 6) is 0.645. The van der Waals surface area contributed by atoms with Gasteiger partial charge in [0.1, 0.15) is 12.4 Å². The van der Waals surface area contributed by atoms with E-state index in [1.165, 1.54) is 0 Å². The topological polar surface area (TPSA) is 72.6 Å². The maximum absolute atomic E-state index is 12.3. The molecule has 0 saturated carbocycles. The number of nitrogen functional groups attached to an aromatic ring is 1. The zero-order valence-corrected chi connectivity index (χ0v) is 13.5. The minimum atomic E-state index is -3.25. The quantitative estimate of drug-likeness (QED) is 0.845. The Morgan fingerprint density at radius 1 is 1.29 bits per heavy atom. The van der Waals surface area contributed by atoms with Gasteiger partial charge in [0, 0.05) is 18.8 Å². The lowest BCUT2D eigenvalue weighted by Gasteiger charge is -2.37. The molecule has 0 atom stereocenters. The fraction of sp³-hybridized carbons (Fsp3) is 0.600. The molecule has 0 unspecified atom stereocenters. The lowest BCUT2D eigenvalue weighted by molar-refractivity contribution is 0.186. The van der Waals surface area contributed by atoms with Crippen molar-refractivity contribution in [2.75, 3.05) is 31.2 Å². The second-order valence-corrected chi connectivity index (χ2v) is 8.42. The van der Waals surface area contributed by atoms with Crippen LogP contribution in [0.3, 0.4) is 0 Å². The minimum absolute atomic E-state index is 0.00740. The van der Waals surface area contributed by atoms with Crippen LogP contribution in [-0.4, -0.2) is 38.2 Å². The normalized spacial score (nSPS) is 19.3. The van der Waals surface area contributed by atoms with Crippen molar-refractivity contribution in [3.63, 3.8) is 0 Å². The average molecular weight is 312 g/mol. The number of nitrogens with two attached hydrogens (primary N) is 1. The monoisotopic (exact) mass is 312 g/mol. The van der Waals surface area contributed by atoms with Crippen molar-refractivity contribution >= 4 is 15.7 Å². The molecule has 1 aliphatic heterocycles. The first-order valence-electron chi connectivity index (χ1n) is 7.25. The number of rotatable bonds is 5. The molecular weight excluding hydrogens is 288 g/mol. The Balaban J connectivity index is 1.88. The summed E-state index contributed by atoms with van der Waals surface area (Å²) in [6, 6.07) is 6.95. The molecule has 2 rings (SSSR count). The van der Waals surface area contributed by atoms with Crippen LogP contribution in [-0.2, 0) is 10.0 Å². The number of hydrogen-bond donors (Lipinski definition) is 1. The van der Waals surface area contributed by atoms with E-state index in [-0.39, 0.29) is 17.8 Å². The van der Waals surface area contributed by atoms with E-state index in [0.29, 0.717) is 24.5 Å². The van der Waals surface area contributed by atoms with Crippen LogP contribution < -0.4 is 10.5 Å². The van der Waals surface area contributed by atoms with E-state index in [0.717, 1.165) is 12.8 Å². The number of benzene rings is 1. The number of nitrogens with zero attached hydrogens (tertiary/aromatic N) is 1. The zero-order chi connectivity index (χ0) is 15.5. The first kappa shape index (κ1) is 16.1. The Morgan fingerprint density at radius 3 is 2.57 bits per heavy atom. The van der Waals surface area contributed by atoms with Gasteiger partial charge >= 0.3 is 0 Å². The molecule has 118 valence electrons. The van der Waals surface area contributed by atoms with E-state index < -0.39 is 10.0 Å². The van der Waals surface area contributed by atoms with Gasteiger partial charge in [0.2, 0.25) is 10.0 Å². The summed E-state index contributed by atoms with van der Waals surface area (Å²) in [7, 11) is -3.25. The molecule has 1 saturated heterocycles. The van der Waals surface area contributed by atoms with Crippen molar-refractivity contribution in [1.82, 2.24) is 4.31 Å². The van der Waals surface area contributed by atoms with Crippen molar-refractivity contribution in [3.05, 3.63) is 24.3 Å². The average Bonchev–Trinajstić information content (AvgIpc) is 2.40. The standard InChI is InChI=1S/C15H24N2O3S/c1-15(2)8-3-9-17(12-15)21(18,19)11-10-20-14-6-4-13(16)5-7-14/h4-7H,3,8-12,16H2,1-2H3. The van der Waals surface area contributed by atoms with E-state index in [9.17, 15) is 8.42 Å². The van der Waals surface area contributed by atoms with Crippen molar-refractivity contribution in [2.45, 2.75) is 26.7 Å². The summed E-state index contributed by atoms with van der Waals surface area (Å²) in [5, 5.41) is 0. The molecule has 1 aromatic rings. The maximum atomic E-state index is 12.3. The maximum Gasteiger partial charge on any atom is 0.217 e. The van der Waals surface area contributed by atoms with Crippen LogP contribution in [0.5, 0.6) is 5.75 Å². The molecular formula is C15H24N2O3S. The molecule has 1 fully saturated rings. The molecule has 0 bridgehead atoms. The third-order valence-electron chi connectivity index (χ3n) is 3.75. The van der Waals surface area contributed by atoms with Crippen molar-refractivity contribution in [3.8, 4) is 5.75 Å². The minimum Gasteiger partial charge on any atom is -0.492 e. The highest BCUT2D eigenvalue weighted by Crippen LogP contribution is 2.29. The van der Waals surface area contributed by atoms with Gasteiger partial charge in [-0.05, 0) is 42.5 Å². The molecule has 1 aromatic carbocycles. The van der Waals surface area contributed by atoms with Crippen LogP contribution in [0.25, 0.3) is 0 Å². The molecule has 2 N–H and O–H groups in total. The zero-order valence-electron chi connectivity index (χ0n) is 12.7. The number of hydrogen-bond acceptors (Lipinski definition) is 4. The molecule has 1 heterocycles. The third-order valence-corrected chi connectivity index (χ3v) is 5.53. The molecule has 0 aromatic heterocycles. The van der Waals surface area contributed by atoms with E-state index in [2.05, 4.69) is 13.8 Å². The molecule has 1 aliphatic rings. The first-order valence-corrected chi connectivity index (χ1v) is 8.86. The third kappa shape index (κ3) is 4.61. The van der Waals surface area contributed by atoms with Crippen LogP contribution in [0.4, 0.5) is 5.69 Å². The summed E-state index contributed by atoms with van der Waals surface area (Å²) in [6.07, 6.45) is 1.99. The van der Waals surface area contributed by atoms with Crippen LogP contribution >= 0.6 is 0 Å². The van der Waals surface area contributed by atoms with Gasteiger partial charge in [-0.15, -0.1) is 0 Å². The van der Waals surface area contributed by atoms with E-state index in [1.807, 2.05) is 0 Å². The predicted molar refractivity (Wildman–Crippen MR) is 84.7 cm³/mol. The van der Waals surface area contributed by atoms with Gasteiger partial charge in [-0.1, -0.05) is 13.8 Å². The van der Waals surface area contributed by atoms with Gasteiger partial charge in [-0.2, -0.15) is 0 Å². The van der Waals surface area contributed by atoms with Crippen LogP contribution in [0.1, 0.15) is 26.7 Å². The highest BCUT2D eigenvalue weighted by atomic mass is 32.2. The highest BCUT2D eigenvalue weighted by molar-refractivity contribution is 7.89. The summed E-state index contributed by atoms with van der Waals surface area (Å²) in [4.78, 5) is 0. The summed E-state index contributed by atoms with van der Waals surface area (Å²) in [5.41, 5.74) is 6.31. The molecule has 0 radical (unpaired) electrons. The summed E-state index contributed by atoms with van der Waals surface area (Å²) in [6.45, 7) is 5.59. The van der Waals surface area contributed by atoms with Crippen molar-refractivity contribution in [2.24, 2.45) is 5.41 Å². The number of anilines is 1. The Labute approximate surface area is 127 Å². The SMILES string of the molecule is CC1(C)CCCN(S(=O)(=O)CCOc2ccc(N)cc2)C1. The Morgan fingerprint density at radius 2 is 1.95 bits per heavy atom. The lowest BCUT2D eigenvalue weighted by atomic mass is 9.85. The van der Waals surface area contributed by atoms with Gasteiger partial charge in [-0.25, -0.2) is 12.7 Å². The molecule has 6 heteroatoms. The fourth-order valence-corrected chi connectivity index (χ4v) is 4.07. The first-order chi connectivity index (χ1) is 9.78. The molecule has 0 amide bonds. The predicted octanol–water partition coefficient (Wildman–Crippen LogP) is 2.10. The highest BCUT2D eigenvalue weighted by Gasteiger charge is 2.32. The lowest BCUT2D eigenvalue weighted by Crippen LogP contribution is -2.45. The molecule has 0 aliphatic carbocycles. The van der Waals surface area contributed by atoms with Gasteiger partial charge in [0.25, 0.3) is 0 Å². The Hall–Kier alpha value is -1.27. The fourth-order valence-electron chi connectivity index (χ4n) is 2.56. The van der Waals surface area contributed by atoms with E-state index in [4.69, 9.17) is 10.5 Å². The Bertz CT molecular complexity index is 567. The number of piperidine rings is 1. The van der Waals surface area contributed by atoms with Gasteiger partial charge in [0.05, 0.1) is 5.75 Å². The van der Waals surface area contributed by atoms with Gasteiger partial charge < -0.3 is 10.5 Å². The van der Waals surface area contributed by atoms with Crippen LogP contribution in [0, 0.1) is 5.41 Å². The van der Waals surface area contributed by atoms with Crippen LogP contribution in [0.2, 0.25) is 0 Å². The van der Waals surface area contributed by atoms with Crippen molar-refractivity contribution < 1.29 is 13.2 Å². The smallest absolute Gasteiger partial charge is 0.217 e. The van der Waals surface area contributed by atoms with Gasteiger partial charge in [0.15, 0.2) is 0 Å². The Kier molecular flexibility index (Phi) is 4.78. The number of ether oxygens (including phenoxy) is 1. The van der Waals surface area contributed by atoms with E-state index in [1.54, 1.807) is 28.6 Å². The molecule has 21 heavy (non-hydrogen) atoms. The largest absolute Gasteiger partial charge is 0.492 e. The van der Waals surface area contributed by atoms with E-state index >= 15 is 0 Å². The second kappa shape index (κ2) is 6.23. The molecule has 0 spiro atoms.